The van der Waals surface area contributed by atoms with Crippen molar-refractivity contribution in [2.24, 2.45) is 0 Å². The second-order valence-corrected chi connectivity index (χ2v) is 7.99. The third kappa shape index (κ3) is 3.66. The number of carbonyl (C=O) groups excluding carboxylic acids is 4. The normalized spacial score (nSPS) is 19.6. The number of nitrogens with one attached hydrogen (secondary N) is 2. The summed E-state index contributed by atoms with van der Waals surface area (Å²) in [6.45, 7) is 3.32. The van der Waals surface area contributed by atoms with Crippen LogP contribution in [0, 0.1) is 0 Å². The average Bonchev–Trinajstić information content (AvgIpc) is 3.28. The van der Waals surface area contributed by atoms with Gasteiger partial charge in [0.1, 0.15) is 17.8 Å². The number of methoxy groups -OCH3 is 1. The lowest BCUT2D eigenvalue weighted by molar-refractivity contribution is -0.133. The van der Waals surface area contributed by atoms with Gasteiger partial charge in [0.05, 0.1) is 7.11 Å². The van der Waals surface area contributed by atoms with Crippen molar-refractivity contribution in [2.45, 2.75) is 25.8 Å². The Morgan fingerprint density at radius 2 is 1.88 bits per heavy atom. The van der Waals surface area contributed by atoms with Crippen LogP contribution < -0.4 is 20.3 Å². The van der Waals surface area contributed by atoms with Gasteiger partial charge in [-0.2, -0.15) is 0 Å². The largest absolute Gasteiger partial charge is 0.497 e. The third-order valence-corrected chi connectivity index (χ3v) is 5.88. The fraction of sp³-hybridized carbons (Fsp3) is 0.304. The first-order valence-corrected chi connectivity index (χ1v) is 10.2. The number of rotatable bonds is 5. The smallest absolute Gasteiger partial charge is 0.325 e. The minimum absolute atomic E-state index is 0.0287. The summed E-state index contributed by atoms with van der Waals surface area (Å²) in [4.78, 5) is 52.4. The van der Waals surface area contributed by atoms with E-state index in [2.05, 4.69) is 10.6 Å². The van der Waals surface area contributed by atoms with Crippen LogP contribution in [0.2, 0.25) is 0 Å². The average molecular weight is 436 g/mol. The van der Waals surface area contributed by atoms with Gasteiger partial charge >= 0.3 is 6.03 Å². The maximum atomic E-state index is 13.0. The van der Waals surface area contributed by atoms with Gasteiger partial charge < -0.3 is 20.3 Å². The van der Waals surface area contributed by atoms with E-state index in [0.29, 0.717) is 30.0 Å². The highest BCUT2D eigenvalue weighted by Gasteiger charge is 2.49. The van der Waals surface area contributed by atoms with Gasteiger partial charge in [-0.25, -0.2) is 4.79 Å². The van der Waals surface area contributed by atoms with Crippen LogP contribution >= 0.6 is 0 Å². The topological polar surface area (TPSA) is 108 Å². The first kappa shape index (κ1) is 21.4. The molecule has 0 spiro atoms. The second-order valence-electron chi connectivity index (χ2n) is 7.99. The Kier molecular flexibility index (Phi) is 5.33. The predicted molar refractivity (Wildman–Crippen MR) is 117 cm³/mol. The van der Waals surface area contributed by atoms with Gasteiger partial charge in [0, 0.05) is 24.8 Å². The Labute approximate surface area is 185 Å². The fourth-order valence-corrected chi connectivity index (χ4v) is 4.11. The molecule has 1 atom stereocenters. The molecule has 1 fully saturated rings. The van der Waals surface area contributed by atoms with E-state index in [-0.39, 0.29) is 5.91 Å². The molecule has 166 valence electrons. The van der Waals surface area contributed by atoms with Crippen molar-refractivity contribution in [3.05, 3.63) is 53.6 Å². The Morgan fingerprint density at radius 1 is 1.16 bits per heavy atom. The van der Waals surface area contributed by atoms with E-state index in [9.17, 15) is 19.2 Å². The number of anilines is 2. The molecule has 9 heteroatoms. The lowest BCUT2D eigenvalue weighted by Crippen LogP contribution is -2.42. The van der Waals surface area contributed by atoms with Crippen LogP contribution in [0.3, 0.4) is 0 Å². The van der Waals surface area contributed by atoms with Gasteiger partial charge in [-0.3, -0.25) is 19.3 Å². The van der Waals surface area contributed by atoms with E-state index in [1.165, 1.54) is 6.92 Å². The summed E-state index contributed by atoms with van der Waals surface area (Å²) < 4.78 is 5.13. The van der Waals surface area contributed by atoms with Crippen LogP contribution in [0.4, 0.5) is 16.2 Å². The minimum atomic E-state index is -1.27. The first-order chi connectivity index (χ1) is 15.2. The zero-order valence-corrected chi connectivity index (χ0v) is 18.1. The van der Waals surface area contributed by atoms with Crippen molar-refractivity contribution in [1.82, 2.24) is 10.2 Å². The standard InChI is InChI=1S/C23H24N4O5/c1-14(28)26-11-10-15-12-17(6-9-19(15)26)24-20(29)13-27-21(30)23(2,25-22(27)31)16-4-7-18(32-3)8-5-16/h4-9,12H,10-11,13H2,1-3H3,(H,24,29)(H,25,31)/t23-/m0/s1. The monoisotopic (exact) mass is 436 g/mol. The number of imide groups is 1. The molecule has 5 amide bonds. The van der Waals surface area contributed by atoms with Crippen molar-refractivity contribution in [3.8, 4) is 5.75 Å². The van der Waals surface area contributed by atoms with Gasteiger partial charge in [0.25, 0.3) is 5.91 Å². The van der Waals surface area contributed by atoms with E-state index in [0.717, 1.165) is 16.2 Å². The van der Waals surface area contributed by atoms with Crippen LogP contribution in [0.5, 0.6) is 5.75 Å². The van der Waals surface area contributed by atoms with E-state index < -0.39 is 29.9 Å². The second kappa shape index (κ2) is 7.99. The van der Waals surface area contributed by atoms with Crippen LogP contribution in [-0.2, 0) is 26.3 Å². The van der Waals surface area contributed by atoms with Crippen molar-refractivity contribution in [3.63, 3.8) is 0 Å². The first-order valence-electron chi connectivity index (χ1n) is 10.2. The van der Waals surface area contributed by atoms with Gasteiger partial charge in [-0.05, 0) is 54.8 Å². The summed E-state index contributed by atoms with van der Waals surface area (Å²) in [7, 11) is 1.54. The summed E-state index contributed by atoms with van der Waals surface area (Å²) in [6, 6.07) is 11.5. The fourth-order valence-electron chi connectivity index (χ4n) is 4.11. The maximum absolute atomic E-state index is 13.0. The highest BCUT2D eigenvalue weighted by molar-refractivity contribution is 6.10. The van der Waals surface area contributed by atoms with Crippen LogP contribution in [0.25, 0.3) is 0 Å². The third-order valence-electron chi connectivity index (χ3n) is 5.88. The highest BCUT2D eigenvalue weighted by Crippen LogP contribution is 2.31. The van der Waals surface area contributed by atoms with Crippen molar-refractivity contribution in [1.29, 1.82) is 0 Å². The Bertz CT molecular complexity index is 1110. The van der Waals surface area contributed by atoms with Gasteiger partial charge in [-0.1, -0.05) is 12.1 Å². The Balaban J connectivity index is 1.45. The van der Waals surface area contributed by atoms with Crippen LogP contribution in [0.1, 0.15) is 25.0 Å². The molecule has 0 aromatic heterocycles. The molecule has 0 saturated carbocycles. The summed E-state index contributed by atoms with van der Waals surface area (Å²) in [5, 5.41) is 5.41. The molecule has 0 bridgehead atoms. The van der Waals surface area contributed by atoms with Gasteiger partial charge in [-0.15, -0.1) is 0 Å². The number of urea groups is 1. The molecule has 2 aromatic carbocycles. The lowest BCUT2D eigenvalue weighted by atomic mass is 9.92. The summed E-state index contributed by atoms with van der Waals surface area (Å²) in [5.41, 5.74) is 1.66. The van der Waals surface area contributed by atoms with Crippen LogP contribution in [0.15, 0.2) is 42.5 Å². The number of ether oxygens (including phenoxy) is 1. The molecule has 4 rings (SSSR count). The Hall–Kier alpha value is -3.88. The highest BCUT2D eigenvalue weighted by atomic mass is 16.5. The van der Waals surface area contributed by atoms with E-state index >= 15 is 0 Å². The molecule has 9 nitrogen and oxygen atoms in total. The molecule has 2 aliphatic heterocycles. The number of benzene rings is 2. The number of fused-ring (bicyclic) bond motifs is 1. The molecular weight excluding hydrogens is 412 g/mol. The van der Waals surface area contributed by atoms with E-state index in [4.69, 9.17) is 4.74 Å². The van der Waals surface area contributed by atoms with E-state index in [1.54, 1.807) is 55.3 Å². The molecule has 2 aromatic rings. The molecular formula is C23H24N4O5. The molecule has 1 saturated heterocycles. The molecule has 2 N–H and O–H groups in total. The quantitative estimate of drug-likeness (QED) is 0.697. The summed E-state index contributed by atoms with van der Waals surface area (Å²) in [6.07, 6.45) is 0.700. The molecule has 0 aliphatic carbocycles. The molecule has 32 heavy (non-hydrogen) atoms. The van der Waals surface area contributed by atoms with E-state index in [1.807, 2.05) is 6.07 Å². The zero-order valence-electron chi connectivity index (χ0n) is 18.1. The van der Waals surface area contributed by atoms with Crippen LogP contribution in [-0.4, -0.2) is 48.9 Å². The maximum Gasteiger partial charge on any atom is 0.325 e. The number of amides is 5. The summed E-state index contributed by atoms with van der Waals surface area (Å²) in [5.74, 6) is -0.396. The molecule has 0 unspecified atom stereocenters. The predicted octanol–water partition coefficient (Wildman–Crippen LogP) is 2.01. The lowest BCUT2D eigenvalue weighted by Gasteiger charge is -2.22. The molecule has 2 aliphatic rings. The Morgan fingerprint density at radius 3 is 2.53 bits per heavy atom. The number of hydrogen-bond donors (Lipinski definition) is 2. The number of hydrogen-bond acceptors (Lipinski definition) is 5. The van der Waals surface area contributed by atoms with Crippen molar-refractivity contribution in [2.75, 3.05) is 30.4 Å². The van der Waals surface area contributed by atoms with Crippen molar-refractivity contribution >= 4 is 35.1 Å². The zero-order chi connectivity index (χ0) is 23.0. The minimum Gasteiger partial charge on any atom is -0.497 e. The van der Waals surface area contributed by atoms with Gasteiger partial charge in [0.2, 0.25) is 11.8 Å². The molecule has 2 heterocycles. The number of nitrogens with zero attached hydrogens (tertiary/aromatic N) is 2. The van der Waals surface area contributed by atoms with Crippen molar-refractivity contribution < 1.29 is 23.9 Å². The summed E-state index contributed by atoms with van der Waals surface area (Å²) >= 11 is 0. The SMILES string of the molecule is COc1ccc([C@]2(C)NC(=O)N(CC(=O)Nc3ccc4c(c3)CCN4C(C)=O)C2=O)cc1. The number of carbonyl (C=O) groups is 4. The molecule has 0 radical (unpaired) electrons. The van der Waals surface area contributed by atoms with Gasteiger partial charge in [0.15, 0.2) is 0 Å².